The minimum atomic E-state index is 0.276. The topological polar surface area (TPSA) is 41.6 Å². The molecule has 1 aliphatic rings. The summed E-state index contributed by atoms with van der Waals surface area (Å²) in [5, 5.41) is 3.41. The zero-order chi connectivity index (χ0) is 16.8. The molecule has 1 aliphatic heterocycles. The molecule has 1 fully saturated rings. The van der Waals surface area contributed by atoms with Crippen LogP contribution in [0.15, 0.2) is 18.2 Å². The highest BCUT2D eigenvalue weighted by molar-refractivity contribution is 5.76. The van der Waals surface area contributed by atoms with Crippen molar-refractivity contribution in [2.75, 3.05) is 19.7 Å². The minimum absolute atomic E-state index is 0.276. The highest BCUT2D eigenvalue weighted by atomic mass is 16.5. The molecule has 1 heterocycles. The van der Waals surface area contributed by atoms with E-state index >= 15 is 0 Å². The Bertz CT molecular complexity index is 530. The molecule has 0 radical (unpaired) electrons. The number of benzene rings is 1. The molecular formula is C19H30N2O2. The SMILES string of the molecule is Cc1ccc(C)c(OCCCCC(=O)N2CCNC(C)C2C)c1. The van der Waals surface area contributed by atoms with Gasteiger partial charge in [-0.05, 0) is 57.7 Å². The number of carbonyl (C=O) groups excluding carboxylic acids is 1. The van der Waals surface area contributed by atoms with Crippen LogP contribution in [0.1, 0.15) is 44.2 Å². The van der Waals surface area contributed by atoms with Gasteiger partial charge in [0.05, 0.1) is 6.61 Å². The lowest BCUT2D eigenvalue weighted by molar-refractivity contribution is -0.135. The van der Waals surface area contributed by atoms with Crippen LogP contribution in [0.3, 0.4) is 0 Å². The highest BCUT2D eigenvalue weighted by Gasteiger charge is 2.27. The lowest BCUT2D eigenvalue weighted by atomic mass is 10.1. The van der Waals surface area contributed by atoms with Crippen LogP contribution >= 0.6 is 0 Å². The van der Waals surface area contributed by atoms with Crippen LogP contribution in [0.25, 0.3) is 0 Å². The number of carbonyl (C=O) groups is 1. The Labute approximate surface area is 140 Å². The summed E-state index contributed by atoms with van der Waals surface area (Å²) in [5.41, 5.74) is 2.37. The van der Waals surface area contributed by atoms with Gasteiger partial charge in [-0.3, -0.25) is 4.79 Å². The largest absolute Gasteiger partial charge is 0.493 e. The molecule has 0 bridgehead atoms. The molecule has 0 aromatic heterocycles. The fraction of sp³-hybridized carbons (Fsp3) is 0.632. The Morgan fingerprint density at radius 1 is 1.30 bits per heavy atom. The summed E-state index contributed by atoms with van der Waals surface area (Å²) in [5.74, 6) is 1.23. The van der Waals surface area contributed by atoms with E-state index in [0.29, 0.717) is 19.1 Å². The predicted octanol–water partition coefficient (Wildman–Crippen LogP) is 3.06. The fourth-order valence-corrected chi connectivity index (χ4v) is 2.98. The Balaban J connectivity index is 1.69. The van der Waals surface area contributed by atoms with E-state index in [1.807, 2.05) is 4.90 Å². The molecule has 0 spiro atoms. The van der Waals surface area contributed by atoms with Crippen LogP contribution in [0.5, 0.6) is 5.75 Å². The van der Waals surface area contributed by atoms with Gasteiger partial charge >= 0.3 is 0 Å². The molecule has 2 rings (SSSR count). The molecule has 2 atom stereocenters. The number of piperazine rings is 1. The summed E-state index contributed by atoms with van der Waals surface area (Å²) in [6.45, 7) is 10.8. The van der Waals surface area contributed by atoms with Gasteiger partial charge in [-0.2, -0.15) is 0 Å². The van der Waals surface area contributed by atoms with E-state index in [1.54, 1.807) is 0 Å². The van der Waals surface area contributed by atoms with Gasteiger partial charge in [0.25, 0.3) is 0 Å². The van der Waals surface area contributed by atoms with Crippen molar-refractivity contribution in [3.05, 3.63) is 29.3 Å². The maximum atomic E-state index is 12.3. The Kier molecular flexibility index (Phi) is 6.46. The van der Waals surface area contributed by atoms with E-state index in [-0.39, 0.29) is 11.9 Å². The maximum Gasteiger partial charge on any atom is 0.222 e. The van der Waals surface area contributed by atoms with E-state index in [9.17, 15) is 4.79 Å². The van der Waals surface area contributed by atoms with Crippen LogP contribution in [0.4, 0.5) is 0 Å². The van der Waals surface area contributed by atoms with Gasteiger partial charge in [0.2, 0.25) is 5.91 Å². The van der Waals surface area contributed by atoms with E-state index in [4.69, 9.17) is 4.74 Å². The van der Waals surface area contributed by atoms with Crippen molar-refractivity contribution in [3.8, 4) is 5.75 Å². The standard InChI is InChI=1S/C19H30N2O2/c1-14-8-9-15(2)18(13-14)23-12-6-5-7-19(22)21-11-10-20-16(3)17(21)4/h8-9,13,16-17,20H,5-7,10-12H2,1-4H3. The number of nitrogens with one attached hydrogen (secondary N) is 1. The van der Waals surface area contributed by atoms with Crippen LogP contribution in [-0.4, -0.2) is 42.6 Å². The Hall–Kier alpha value is -1.55. The molecule has 1 aromatic rings. The van der Waals surface area contributed by atoms with Gasteiger partial charge < -0.3 is 15.0 Å². The van der Waals surface area contributed by atoms with Crippen molar-refractivity contribution >= 4 is 5.91 Å². The monoisotopic (exact) mass is 318 g/mol. The van der Waals surface area contributed by atoms with Crippen molar-refractivity contribution in [1.82, 2.24) is 10.2 Å². The lowest BCUT2D eigenvalue weighted by Crippen LogP contribution is -2.57. The maximum absolute atomic E-state index is 12.3. The summed E-state index contributed by atoms with van der Waals surface area (Å²) in [4.78, 5) is 14.4. The number of hydrogen-bond acceptors (Lipinski definition) is 3. The molecule has 1 amide bonds. The molecule has 1 N–H and O–H groups in total. The second kappa shape index (κ2) is 8.34. The van der Waals surface area contributed by atoms with Crippen molar-refractivity contribution in [2.45, 2.75) is 59.0 Å². The van der Waals surface area contributed by atoms with Gasteiger partial charge in [0, 0.05) is 31.6 Å². The molecule has 1 saturated heterocycles. The third kappa shape index (κ3) is 4.96. The van der Waals surface area contributed by atoms with Gasteiger partial charge in [-0.25, -0.2) is 0 Å². The van der Waals surface area contributed by atoms with Gasteiger partial charge in [-0.15, -0.1) is 0 Å². The average molecular weight is 318 g/mol. The molecule has 4 heteroatoms. The molecule has 0 saturated carbocycles. The summed E-state index contributed by atoms with van der Waals surface area (Å²) < 4.78 is 5.85. The van der Waals surface area contributed by atoms with E-state index < -0.39 is 0 Å². The summed E-state index contributed by atoms with van der Waals surface area (Å²) >= 11 is 0. The Morgan fingerprint density at radius 2 is 2.09 bits per heavy atom. The zero-order valence-corrected chi connectivity index (χ0v) is 14.9. The number of aryl methyl sites for hydroxylation is 2. The van der Waals surface area contributed by atoms with Crippen molar-refractivity contribution in [1.29, 1.82) is 0 Å². The number of nitrogens with zero attached hydrogens (tertiary/aromatic N) is 1. The summed E-state index contributed by atoms with van der Waals surface area (Å²) in [6, 6.07) is 6.91. The number of hydrogen-bond donors (Lipinski definition) is 1. The molecule has 2 unspecified atom stereocenters. The third-order valence-electron chi connectivity index (χ3n) is 4.74. The van der Waals surface area contributed by atoms with Crippen LogP contribution in [0, 0.1) is 13.8 Å². The second-order valence-corrected chi connectivity index (χ2v) is 6.65. The van der Waals surface area contributed by atoms with Crippen molar-refractivity contribution in [3.63, 3.8) is 0 Å². The van der Waals surface area contributed by atoms with E-state index in [0.717, 1.165) is 37.2 Å². The smallest absolute Gasteiger partial charge is 0.222 e. The first-order valence-electron chi connectivity index (χ1n) is 8.72. The first kappa shape index (κ1) is 17.8. The third-order valence-corrected chi connectivity index (χ3v) is 4.74. The first-order valence-corrected chi connectivity index (χ1v) is 8.72. The Morgan fingerprint density at radius 3 is 2.87 bits per heavy atom. The number of ether oxygens (including phenoxy) is 1. The highest BCUT2D eigenvalue weighted by Crippen LogP contribution is 2.19. The number of amides is 1. The van der Waals surface area contributed by atoms with Crippen LogP contribution in [0.2, 0.25) is 0 Å². The molecule has 1 aromatic carbocycles. The van der Waals surface area contributed by atoms with Crippen molar-refractivity contribution < 1.29 is 9.53 Å². The van der Waals surface area contributed by atoms with Gasteiger partial charge in [0.15, 0.2) is 0 Å². The minimum Gasteiger partial charge on any atom is -0.493 e. The van der Waals surface area contributed by atoms with E-state index in [2.05, 4.69) is 51.2 Å². The molecule has 4 nitrogen and oxygen atoms in total. The summed E-state index contributed by atoms with van der Waals surface area (Å²) in [6.07, 6.45) is 2.41. The zero-order valence-electron chi connectivity index (χ0n) is 14.9. The van der Waals surface area contributed by atoms with Gasteiger partial charge in [0.1, 0.15) is 5.75 Å². The average Bonchev–Trinajstić information content (AvgIpc) is 2.52. The molecule has 0 aliphatic carbocycles. The van der Waals surface area contributed by atoms with Crippen LogP contribution in [-0.2, 0) is 4.79 Å². The number of rotatable bonds is 6. The number of unbranched alkanes of at least 4 members (excludes halogenated alkanes) is 1. The summed E-state index contributed by atoms with van der Waals surface area (Å²) in [7, 11) is 0. The lowest BCUT2D eigenvalue weighted by Gasteiger charge is -2.38. The predicted molar refractivity (Wildman–Crippen MR) is 93.9 cm³/mol. The van der Waals surface area contributed by atoms with Crippen LogP contribution < -0.4 is 10.1 Å². The second-order valence-electron chi connectivity index (χ2n) is 6.65. The van der Waals surface area contributed by atoms with Gasteiger partial charge in [-0.1, -0.05) is 12.1 Å². The normalized spacial score (nSPS) is 21.3. The molecule has 23 heavy (non-hydrogen) atoms. The van der Waals surface area contributed by atoms with E-state index in [1.165, 1.54) is 5.56 Å². The quantitative estimate of drug-likeness (QED) is 0.820. The van der Waals surface area contributed by atoms with Crippen molar-refractivity contribution in [2.24, 2.45) is 0 Å². The molecule has 128 valence electrons. The fourth-order valence-electron chi connectivity index (χ4n) is 2.98. The molecular weight excluding hydrogens is 288 g/mol. The first-order chi connectivity index (χ1) is 11.0.